The van der Waals surface area contributed by atoms with Gasteiger partial charge in [-0.3, -0.25) is 15.7 Å². The van der Waals surface area contributed by atoms with Crippen molar-refractivity contribution in [2.24, 2.45) is 5.84 Å². The zero-order valence-corrected chi connectivity index (χ0v) is 17.1. The van der Waals surface area contributed by atoms with Crippen molar-refractivity contribution in [1.29, 1.82) is 5.26 Å². The van der Waals surface area contributed by atoms with Gasteiger partial charge in [0.1, 0.15) is 17.5 Å². The van der Waals surface area contributed by atoms with E-state index in [1.165, 1.54) is 25.9 Å². The predicted molar refractivity (Wildman–Crippen MR) is 114 cm³/mol. The van der Waals surface area contributed by atoms with Crippen LogP contribution in [-0.4, -0.2) is 50.4 Å². The first-order valence-corrected chi connectivity index (χ1v) is 9.93. The Kier molecular flexibility index (Phi) is 5.92. The normalized spacial score (nSPS) is 15.3. The maximum atomic E-state index is 12.6. The largest absolute Gasteiger partial charge is 0.482 e. The van der Waals surface area contributed by atoms with Crippen LogP contribution in [0.3, 0.4) is 0 Å². The van der Waals surface area contributed by atoms with Crippen LogP contribution in [0.5, 0.6) is 5.88 Å². The van der Waals surface area contributed by atoms with Crippen LogP contribution in [0.25, 0.3) is 11.3 Å². The van der Waals surface area contributed by atoms with Crippen molar-refractivity contribution in [2.45, 2.75) is 25.2 Å². The highest BCUT2D eigenvalue weighted by Gasteiger charge is 2.27. The Hall–Kier alpha value is -3.75. The molecule has 3 aromatic rings. The number of ether oxygens (including phenoxy) is 1. The number of nitriles is 1. The third-order valence-corrected chi connectivity index (χ3v) is 5.00. The van der Waals surface area contributed by atoms with Gasteiger partial charge < -0.3 is 15.0 Å². The fraction of sp³-hybridized carbons (Fsp3) is 0.350. The van der Waals surface area contributed by atoms with Crippen molar-refractivity contribution in [1.82, 2.24) is 30.2 Å². The fourth-order valence-electron chi connectivity index (χ4n) is 3.01. The number of hydrogen-bond acceptors (Lipinski definition) is 9. The van der Waals surface area contributed by atoms with Gasteiger partial charge in [-0.15, -0.1) is 0 Å². The molecule has 0 aromatic carbocycles. The molecule has 0 atom stereocenters. The van der Waals surface area contributed by atoms with Gasteiger partial charge in [-0.25, -0.2) is 15.0 Å². The molecular weight excluding hydrogens is 398 g/mol. The van der Waals surface area contributed by atoms with Crippen molar-refractivity contribution >= 4 is 11.6 Å². The van der Waals surface area contributed by atoms with Gasteiger partial charge in [-0.2, -0.15) is 10.4 Å². The molecule has 0 unspecified atom stereocenters. The van der Waals surface area contributed by atoms with Gasteiger partial charge in [-0.05, 0) is 25.2 Å². The second-order valence-corrected chi connectivity index (χ2v) is 7.35. The Bertz CT molecular complexity index is 1140. The van der Waals surface area contributed by atoms with E-state index in [0.717, 1.165) is 31.6 Å². The lowest BCUT2D eigenvalue weighted by molar-refractivity contribution is 0.186. The Morgan fingerprint density at radius 3 is 2.58 bits per heavy atom. The van der Waals surface area contributed by atoms with Gasteiger partial charge in [0.15, 0.2) is 16.9 Å². The highest BCUT2D eigenvalue weighted by atomic mass is 16.5. The summed E-state index contributed by atoms with van der Waals surface area (Å²) in [4.78, 5) is 23.8. The average molecular weight is 421 g/mol. The molecule has 11 heteroatoms. The van der Waals surface area contributed by atoms with Crippen LogP contribution in [-0.2, 0) is 0 Å². The number of hydrazine groups is 1. The third kappa shape index (κ3) is 4.88. The molecule has 1 saturated heterocycles. The van der Waals surface area contributed by atoms with E-state index in [4.69, 9.17) is 15.8 Å². The summed E-state index contributed by atoms with van der Waals surface area (Å²) in [6.45, 7) is 2.19. The first-order valence-electron chi connectivity index (χ1n) is 9.93. The smallest absolute Gasteiger partial charge is 0.204 e. The van der Waals surface area contributed by atoms with Gasteiger partial charge in [0.2, 0.25) is 5.88 Å². The molecule has 31 heavy (non-hydrogen) atoms. The van der Waals surface area contributed by atoms with Crippen LogP contribution in [0.15, 0.2) is 29.3 Å². The average Bonchev–Trinajstić information content (AvgIpc) is 3.52. The highest BCUT2D eigenvalue weighted by Crippen LogP contribution is 2.40. The summed E-state index contributed by atoms with van der Waals surface area (Å²) in [6, 6.07) is 5.21. The summed E-state index contributed by atoms with van der Waals surface area (Å²) in [5.74, 6) is 6.94. The van der Waals surface area contributed by atoms with Crippen LogP contribution < -0.4 is 21.3 Å². The SMILES string of the molecule is COc1[nH]c(C2CC2)cc(=O)c1-c1cc(Nc2cnc(C#N)cn2)n[nH]1.NN1CCC1. The van der Waals surface area contributed by atoms with Crippen molar-refractivity contribution in [3.63, 3.8) is 0 Å². The fourth-order valence-corrected chi connectivity index (χ4v) is 3.01. The summed E-state index contributed by atoms with van der Waals surface area (Å²) in [7, 11) is 1.52. The van der Waals surface area contributed by atoms with Crippen LogP contribution in [0.4, 0.5) is 11.6 Å². The molecule has 1 aliphatic carbocycles. The monoisotopic (exact) mass is 421 g/mol. The Balaban J connectivity index is 0.000000407. The van der Waals surface area contributed by atoms with E-state index < -0.39 is 0 Å². The maximum Gasteiger partial charge on any atom is 0.204 e. The predicted octanol–water partition coefficient (Wildman–Crippen LogP) is 1.62. The molecule has 1 aliphatic heterocycles. The molecule has 0 radical (unpaired) electrons. The van der Waals surface area contributed by atoms with E-state index in [9.17, 15) is 4.79 Å². The van der Waals surface area contributed by atoms with Gasteiger partial charge in [0.05, 0.1) is 25.2 Å². The van der Waals surface area contributed by atoms with Crippen LogP contribution in [0.2, 0.25) is 0 Å². The Labute approximate surface area is 178 Å². The molecule has 11 nitrogen and oxygen atoms in total. The van der Waals surface area contributed by atoms with E-state index in [1.807, 2.05) is 6.07 Å². The maximum absolute atomic E-state index is 12.6. The third-order valence-electron chi connectivity index (χ3n) is 5.00. The zero-order chi connectivity index (χ0) is 21.8. The van der Waals surface area contributed by atoms with Gasteiger partial charge in [-0.1, -0.05) is 0 Å². The van der Waals surface area contributed by atoms with Crippen LogP contribution in [0, 0.1) is 11.3 Å². The Morgan fingerprint density at radius 2 is 2.03 bits per heavy atom. The molecule has 2 fully saturated rings. The molecule has 1 saturated carbocycles. The van der Waals surface area contributed by atoms with Crippen LogP contribution >= 0.6 is 0 Å². The lowest BCUT2D eigenvalue weighted by Gasteiger charge is -2.24. The number of aromatic amines is 2. The van der Waals surface area contributed by atoms with E-state index in [1.54, 1.807) is 17.1 Å². The molecule has 5 N–H and O–H groups in total. The minimum absolute atomic E-state index is 0.129. The number of nitrogens with one attached hydrogen (secondary N) is 3. The van der Waals surface area contributed by atoms with Gasteiger partial charge >= 0.3 is 0 Å². The quantitative estimate of drug-likeness (QED) is 0.448. The van der Waals surface area contributed by atoms with E-state index in [0.29, 0.717) is 34.7 Å². The minimum atomic E-state index is -0.129. The molecule has 0 bridgehead atoms. The summed E-state index contributed by atoms with van der Waals surface area (Å²) < 4.78 is 5.38. The molecule has 0 spiro atoms. The summed E-state index contributed by atoms with van der Waals surface area (Å²) >= 11 is 0. The first-order chi connectivity index (χ1) is 15.1. The summed E-state index contributed by atoms with van der Waals surface area (Å²) in [5.41, 5.74) is 1.92. The topological polar surface area (TPSA) is 162 Å². The van der Waals surface area contributed by atoms with Crippen molar-refractivity contribution in [3.05, 3.63) is 46.1 Å². The molecular formula is C20H23N9O2. The standard InChI is InChI=1S/C17H15N7O2.C3H8N2/c1-26-17-16(13(25)4-11(21-17)9-2-3-9)12-5-14(24-23-12)22-15-8-19-10(6-18)7-20-15;4-5-2-1-3-5/h4-5,7-9H,2-3H2,1H3,(H,21,25)(H2,20,22,23,24);1-4H2. The number of aromatic nitrogens is 5. The minimum Gasteiger partial charge on any atom is -0.482 e. The van der Waals surface area contributed by atoms with Crippen molar-refractivity contribution < 1.29 is 4.74 Å². The number of nitrogens with zero attached hydrogens (tertiary/aromatic N) is 5. The van der Waals surface area contributed by atoms with E-state index in [-0.39, 0.29) is 11.1 Å². The van der Waals surface area contributed by atoms with Crippen LogP contribution in [0.1, 0.15) is 36.6 Å². The molecule has 3 aromatic heterocycles. The first kappa shape index (κ1) is 20.5. The molecule has 0 amide bonds. The van der Waals surface area contributed by atoms with Gasteiger partial charge in [0, 0.05) is 30.9 Å². The zero-order valence-electron chi connectivity index (χ0n) is 17.1. The summed E-state index contributed by atoms with van der Waals surface area (Å²) in [6.07, 6.45) is 6.26. The number of nitrogens with two attached hydrogens (primary N) is 1. The lowest BCUT2D eigenvalue weighted by Crippen LogP contribution is -2.42. The number of pyridine rings is 1. The van der Waals surface area contributed by atoms with E-state index >= 15 is 0 Å². The highest BCUT2D eigenvalue weighted by molar-refractivity contribution is 5.69. The number of hydrogen-bond donors (Lipinski definition) is 4. The Morgan fingerprint density at radius 1 is 1.26 bits per heavy atom. The van der Waals surface area contributed by atoms with Gasteiger partial charge in [0.25, 0.3) is 0 Å². The lowest BCUT2D eigenvalue weighted by atomic mass is 10.1. The number of H-pyrrole nitrogens is 2. The molecule has 2 aliphatic rings. The van der Waals surface area contributed by atoms with Crippen molar-refractivity contribution in [2.75, 3.05) is 25.5 Å². The van der Waals surface area contributed by atoms with E-state index in [2.05, 4.69) is 30.5 Å². The molecule has 5 rings (SSSR count). The number of rotatable bonds is 5. The second-order valence-electron chi connectivity index (χ2n) is 7.35. The number of methoxy groups -OCH3 is 1. The summed E-state index contributed by atoms with van der Waals surface area (Å²) in [5, 5.41) is 20.5. The molecule has 160 valence electrons. The second kappa shape index (κ2) is 8.95. The van der Waals surface area contributed by atoms with Crippen molar-refractivity contribution in [3.8, 4) is 23.2 Å². The molecule has 4 heterocycles. The number of anilines is 2.